The predicted octanol–water partition coefficient (Wildman–Crippen LogP) is 0.845. The molecule has 5 rings (SSSR count). The molecule has 0 unspecified atom stereocenters. The van der Waals surface area contributed by atoms with Gasteiger partial charge >= 0.3 is 5.69 Å². The van der Waals surface area contributed by atoms with Gasteiger partial charge in [-0.25, -0.2) is 4.79 Å². The zero-order chi connectivity index (χ0) is 27.9. The fourth-order valence-corrected chi connectivity index (χ4v) is 5.34. The van der Waals surface area contributed by atoms with Crippen molar-refractivity contribution in [1.29, 1.82) is 0 Å². The Hall–Kier alpha value is -3.68. The largest absolute Gasteiger partial charge is 0.450 e. The Morgan fingerprint density at radius 1 is 1.07 bits per heavy atom. The molecule has 6 N–H and O–H groups in total. The van der Waals surface area contributed by atoms with Gasteiger partial charge in [-0.3, -0.25) is 19.3 Å². The van der Waals surface area contributed by atoms with E-state index in [-0.39, 0.29) is 23.6 Å². The first-order chi connectivity index (χ1) is 19.5. The van der Waals surface area contributed by atoms with Crippen LogP contribution < -0.4 is 32.5 Å². The number of ether oxygens (including phenoxy) is 2. The molecular weight excluding hydrogens is 514 g/mol. The number of anilines is 2. The lowest BCUT2D eigenvalue weighted by Gasteiger charge is -2.33. The van der Waals surface area contributed by atoms with E-state index in [1.165, 1.54) is 0 Å². The maximum atomic E-state index is 12.9. The lowest BCUT2D eigenvalue weighted by Crippen LogP contribution is -2.38. The monoisotopic (exact) mass is 553 g/mol. The van der Waals surface area contributed by atoms with Gasteiger partial charge in [0.15, 0.2) is 23.3 Å². The number of benzene rings is 1. The lowest BCUT2D eigenvalue weighted by atomic mass is 10.0. The zero-order valence-corrected chi connectivity index (χ0v) is 22.8. The number of nitrogens with two attached hydrogens (primary N) is 2. The second kappa shape index (κ2) is 13.1. The first-order valence-corrected chi connectivity index (χ1v) is 14.0. The number of hydrogen-bond donors (Lipinski definition) is 4. The molecular formula is C27H39N9O4. The third-order valence-electron chi connectivity index (χ3n) is 7.55. The van der Waals surface area contributed by atoms with Gasteiger partial charge in [0.2, 0.25) is 0 Å². The molecule has 13 heteroatoms. The van der Waals surface area contributed by atoms with Crippen molar-refractivity contribution in [1.82, 2.24) is 24.7 Å². The summed E-state index contributed by atoms with van der Waals surface area (Å²) in [6.07, 6.45) is 5.20. The third kappa shape index (κ3) is 7.09. The van der Waals surface area contributed by atoms with Crippen LogP contribution >= 0.6 is 0 Å². The van der Waals surface area contributed by atoms with Crippen LogP contribution in [0.4, 0.5) is 11.5 Å². The number of carbonyl (C=O) groups is 1. The molecule has 2 saturated heterocycles. The molecule has 3 aliphatic heterocycles. The van der Waals surface area contributed by atoms with Gasteiger partial charge in [-0.2, -0.15) is 4.98 Å². The number of rotatable bonds is 10. The van der Waals surface area contributed by atoms with Crippen molar-refractivity contribution in [3.8, 4) is 11.5 Å². The first kappa shape index (κ1) is 27.9. The molecule has 40 heavy (non-hydrogen) atoms. The van der Waals surface area contributed by atoms with Gasteiger partial charge < -0.3 is 36.5 Å². The van der Waals surface area contributed by atoms with Gasteiger partial charge in [-0.15, -0.1) is 0 Å². The van der Waals surface area contributed by atoms with Gasteiger partial charge in [-0.05, 0) is 57.0 Å². The summed E-state index contributed by atoms with van der Waals surface area (Å²) < 4.78 is 13.1. The molecule has 2 aromatic rings. The van der Waals surface area contributed by atoms with Crippen LogP contribution in [0.2, 0.25) is 0 Å². The predicted molar refractivity (Wildman–Crippen MR) is 153 cm³/mol. The van der Waals surface area contributed by atoms with Crippen molar-refractivity contribution >= 4 is 23.4 Å². The van der Waals surface area contributed by atoms with Crippen molar-refractivity contribution in [2.24, 2.45) is 16.5 Å². The maximum Gasteiger partial charge on any atom is 0.350 e. The fourth-order valence-electron chi connectivity index (χ4n) is 5.34. The van der Waals surface area contributed by atoms with Crippen LogP contribution in [0.25, 0.3) is 0 Å². The number of aromatic nitrogens is 2. The van der Waals surface area contributed by atoms with E-state index in [1.807, 2.05) is 0 Å². The summed E-state index contributed by atoms with van der Waals surface area (Å²) in [6, 6.07) is 5.30. The van der Waals surface area contributed by atoms with Crippen molar-refractivity contribution in [3.05, 3.63) is 40.4 Å². The highest BCUT2D eigenvalue weighted by Gasteiger charge is 2.26. The normalized spacial score (nSPS) is 17.7. The standard InChI is InChI=1S/C27H39N9O4/c28-26(29)31-8-2-9-34-11-5-20(6-12-34)36-18-23-24(33-27(36)38)32-21-17-19(3-4-22(21)40-23)25(37)30-7-1-10-35-13-15-39-16-14-35/h3-4,17-18,20H,1-2,5-16H2,(H,30,37)(H4,28,29,31)(H,32,33,38). The maximum absolute atomic E-state index is 12.9. The average Bonchev–Trinajstić information content (AvgIpc) is 2.96. The molecule has 0 aliphatic carbocycles. The molecule has 0 radical (unpaired) electrons. The van der Waals surface area contributed by atoms with Crippen molar-refractivity contribution in [2.75, 3.05) is 70.9 Å². The van der Waals surface area contributed by atoms with Crippen LogP contribution in [0.3, 0.4) is 0 Å². The number of guanidine groups is 1. The number of morpholine rings is 1. The molecule has 0 bridgehead atoms. The number of piperidine rings is 1. The summed E-state index contributed by atoms with van der Waals surface area (Å²) >= 11 is 0. The number of hydrogen-bond acceptors (Lipinski definition) is 9. The van der Waals surface area contributed by atoms with Crippen molar-refractivity contribution < 1.29 is 14.3 Å². The summed E-state index contributed by atoms with van der Waals surface area (Å²) in [5.74, 6) is 1.40. The number of likely N-dealkylation sites (tertiary alicyclic amines) is 1. The van der Waals surface area contributed by atoms with Gasteiger partial charge in [0.1, 0.15) is 0 Å². The van der Waals surface area contributed by atoms with Gasteiger partial charge in [-0.1, -0.05) is 0 Å². The second-order valence-corrected chi connectivity index (χ2v) is 10.4. The smallest absolute Gasteiger partial charge is 0.350 e. The summed E-state index contributed by atoms with van der Waals surface area (Å²) in [5, 5.41) is 6.16. The third-order valence-corrected chi connectivity index (χ3v) is 7.55. The molecule has 0 spiro atoms. The van der Waals surface area contributed by atoms with E-state index in [0.717, 1.165) is 78.2 Å². The van der Waals surface area contributed by atoms with Crippen molar-refractivity contribution in [3.63, 3.8) is 0 Å². The van der Waals surface area contributed by atoms with Crippen LogP contribution in [-0.2, 0) is 4.74 Å². The minimum Gasteiger partial charge on any atom is -0.450 e. The highest BCUT2D eigenvalue weighted by molar-refractivity contribution is 5.96. The number of amides is 1. The van der Waals surface area contributed by atoms with E-state index in [1.54, 1.807) is 29.0 Å². The molecule has 1 aromatic carbocycles. The van der Waals surface area contributed by atoms with Gasteiger partial charge in [0.25, 0.3) is 5.91 Å². The summed E-state index contributed by atoms with van der Waals surface area (Å²) in [6.45, 7) is 8.24. The second-order valence-electron chi connectivity index (χ2n) is 10.4. The highest BCUT2D eigenvalue weighted by atomic mass is 16.5. The summed E-state index contributed by atoms with van der Waals surface area (Å²) in [4.78, 5) is 38.7. The quantitative estimate of drug-likeness (QED) is 0.161. The van der Waals surface area contributed by atoms with Gasteiger partial charge in [0.05, 0.1) is 25.1 Å². The van der Waals surface area contributed by atoms with Crippen LogP contribution in [0.5, 0.6) is 11.5 Å². The minimum atomic E-state index is -0.321. The number of nitrogens with zero attached hydrogens (tertiary/aromatic N) is 5. The molecule has 1 aromatic heterocycles. The lowest BCUT2D eigenvalue weighted by molar-refractivity contribution is 0.0374. The summed E-state index contributed by atoms with van der Waals surface area (Å²) in [7, 11) is 0. The Morgan fingerprint density at radius 3 is 2.60 bits per heavy atom. The van der Waals surface area contributed by atoms with E-state index in [0.29, 0.717) is 41.7 Å². The Labute approximate surface area is 233 Å². The van der Waals surface area contributed by atoms with Crippen LogP contribution in [0.1, 0.15) is 42.1 Å². The summed E-state index contributed by atoms with van der Waals surface area (Å²) in [5.41, 5.74) is 11.6. The molecule has 216 valence electrons. The van der Waals surface area contributed by atoms with E-state index >= 15 is 0 Å². The molecule has 13 nitrogen and oxygen atoms in total. The first-order valence-electron chi connectivity index (χ1n) is 14.0. The Balaban J connectivity index is 1.14. The number of fused-ring (bicyclic) bond motifs is 2. The van der Waals surface area contributed by atoms with Crippen LogP contribution in [0, 0.1) is 0 Å². The topological polar surface area (TPSA) is 165 Å². The van der Waals surface area contributed by atoms with E-state index in [4.69, 9.17) is 20.9 Å². The van der Waals surface area contributed by atoms with E-state index < -0.39 is 0 Å². The minimum absolute atomic E-state index is 0.0542. The van der Waals surface area contributed by atoms with E-state index in [2.05, 4.69) is 30.4 Å². The molecule has 4 heterocycles. The highest BCUT2D eigenvalue weighted by Crippen LogP contribution is 2.41. The Morgan fingerprint density at radius 2 is 1.82 bits per heavy atom. The van der Waals surface area contributed by atoms with Gasteiger partial charge in [0, 0.05) is 50.9 Å². The molecule has 1 amide bonds. The number of nitrogens with one attached hydrogen (secondary N) is 2. The van der Waals surface area contributed by atoms with Crippen molar-refractivity contribution in [2.45, 2.75) is 31.7 Å². The molecule has 0 atom stereocenters. The Bertz CT molecular complexity index is 1260. The Kier molecular flexibility index (Phi) is 9.14. The number of aliphatic imine (C=N–C) groups is 1. The fraction of sp³-hybridized carbons (Fsp3) is 0.556. The van der Waals surface area contributed by atoms with Crippen LogP contribution in [-0.4, -0.2) is 96.8 Å². The van der Waals surface area contributed by atoms with E-state index in [9.17, 15) is 9.59 Å². The SMILES string of the molecule is NC(N)=NCCCN1CCC(n2cc3c(nc2=O)Nc2cc(C(=O)NCCCN4CCOCC4)ccc2O3)CC1. The molecule has 2 fully saturated rings. The van der Waals surface area contributed by atoms with Crippen LogP contribution in [0.15, 0.2) is 34.2 Å². The zero-order valence-electron chi connectivity index (χ0n) is 22.8. The number of carbonyl (C=O) groups excluding carboxylic acids is 1. The molecule has 0 saturated carbocycles. The molecule has 3 aliphatic rings. The average molecular weight is 554 g/mol.